The molecule has 0 aromatic heterocycles. The number of amides is 1. The summed E-state index contributed by atoms with van der Waals surface area (Å²) in [5.41, 5.74) is 0.392. The van der Waals surface area contributed by atoms with Crippen LogP contribution in [0.15, 0.2) is 29.2 Å². The van der Waals surface area contributed by atoms with E-state index in [2.05, 4.69) is 5.32 Å². The molecule has 0 saturated heterocycles. The highest BCUT2D eigenvalue weighted by molar-refractivity contribution is 7.89. The van der Waals surface area contributed by atoms with E-state index in [0.29, 0.717) is 5.56 Å². The Morgan fingerprint density at radius 3 is 2.48 bits per heavy atom. The molecule has 0 aliphatic heterocycles. The molecule has 0 heterocycles. The highest BCUT2D eigenvalue weighted by atomic mass is 32.2. The minimum absolute atomic E-state index is 0.142. The van der Waals surface area contributed by atoms with Crippen LogP contribution in [0, 0.1) is 0 Å². The predicted molar refractivity (Wildman–Crippen MR) is 81.7 cm³/mol. The van der Waals surface area contributed by atoms with Gasteiger partial charge in [0.25, 0.3) is 5.91 Å². The van der Waals surface area contributed by atoms with Gasteiger partial charge < -0.3 is 5.32 Å². The molecule has 0 atom stereocenters. The third-order valence-corrected chi connectivity index (χ3v) is 5.63. The first-order chi connectivity index (χ1) is 9.91. The number of sulfonamides is 1. The smallest absolute Gasteiger partial charge is 0.251 e. The van der Waals surface area contributed by atoms with E-state index in [1.165, 1.54) is 32.6 Å². The molecule has 1 aromatic rings. The summed E-state index contributed by atoms with van der Waals surface area (Å²) in [6.07, 6.45) is 5.51. The number of carbonyl (C=O) groups is 1. The first kappa shape index (κ1) is 16.0. The van der Waals surface area contributed by atoms with E-state index in [-0.39, 0.29) is 16.8 Å². The van der Waals surface area contributed by atoms with Crippen molar-refractivity contribution in [1.82, 2.24) is 9.62 Å². The van der Waals surface area contributed by atoms with Gasteiger partial charge >= 0.3 is 0 Å². The van der Waals surface area contributed by atoms with Gasteiger partial charge in [-0.05, 0) is 31.0 Å². The molecule has 2 rings (SSSR count). The molecule has 116 valence electrons. The molecule has 0 radical (unpaired) electrons. The van der Waals surface area contributed by atoms with Crippen LogP contribution in [0.1, 0.15) is 42.5 Å². The van der Waals surface area contributed by atoms with E-state index in [9.17, 15) is 13.2 Å². The van der Waals surface area contributed by atoms with Gasteiger partial charge in [0.2, 0.25) is 10.0 Å². The predicted octanol–water partition coefficient (Wildman–Crippen LogP) is 2.00. The molecule has 1 aromatic carbocycles. The van der Waals surface area contributed by atoms with Crippen molar-refractivity contribution >= 4 is 15.9 Å². The van der Waals surface area contributed by atoms with E-state index < -0.39 is 10.0 Å². The Morgan fingerprint density at radius 2 is 1.86 bits per heavy atom. The molecule has 0 spiro atoms. The minimum Gasteiger partial charge on any atom is -0.349 e. The van der Waals surface area contributed by atoms with Crippen LogP contribution in [0.25, 0.3) is 0 Å². The number of rotatable bonds is 4. The molecule has 1 aliphatic carbocycles. The normalized spacial score (nSPS) is 16.9. The van der Waals surface area contributed by atoms with Gasteiger partial charge in [-0.3, -0.25) is 4.79 Å². The second-order valence-corrected chi connectivity index (χ2v) is 7.78. The lowest BCUT2D eigenvalue weighted by atomic mass is 9.95. The van der Waals surface area contributed by atoms with E-state index in [1.807, 2.05) is 0 Å². The van der Waals surface area contributed by atoms with Gasteiger partial charge in [0.1, 0.15) is 0 Å². The van der Waals surface area contributed by atoms with Gasteiger partial charge in [-0.15, -0.1) is 0 Å². The summed E-state index contributed by atoms with van der Waals surface area (Å²) >= 11 is 0. The molecule has 6 heteroatoms. The number of hydrogen-bond acceptors (Lipinski definition) is 3. The maximum atomic E-state index is 12.2. The molecular weight excluding hydrogens is 288 g/mol. The van der Waals surface area contributed by atoms with Crippen LogP contribution in [0.4, 0.5) is 0 Å². The van der Waals surface area contributed by atoms with Crippen molar-refractivity contribution in [3.63, 3.8) is 0 Å². The second-order valence-electron chi connectivity index (χ2n) is 5.62. The van der Waals surface area contributed by atoms with Crippen LogP contribution >= 0.6 is 0 Å². The molecule has 0 bridgehead atoms. The summed E-state index contributed by atoms with van der Waals surface area (Å²) in [7, 11) is -0.560. The maximum Gasteiger partial charge on any atom is 0.251 e. The van der Waals surface area contributed by atoms with Crippen molar-refractivity contribution in [2.24, 2.45) is 0 Å². The topological polar surface area (TPSA) is 66.5 Å². The molecule has 1 saturated carbocycles. The largest absolute Gasteiger partial charge is 0.349 e. The van der Waals surface area contributed by atoms with E-state index in [1.54, 1.807) is 12.1 Å². The van der Waals surface area contributed by atoms with Gasteiger partial charge in [-0.2, -0.15) is 0 Å². The fourth-order valence-corrected chi connectivity index (χ4v) is 3.47. The highest BCUT2D eigenvalue weighted by Gasteiger charge is 2.20. The summed E-state index contributed by atoms with van der Waals surface area (Å²) in [5, 5.41) is 3.00. The first-order valence-electron chi connectivity index (χ1n) is 7.25. The molecular formula is C15H22N2O3S. The third-order valence-electron chi connectivity index (χ3n) is 3.82. The Kier molecular flexibility index (Phi) is 5.00. The summed E-state index contributed by atoms with van der Waals surface area (Å²) in [4.78, 5) is 12.4. The molecule has 1 fully saturated rings. The van der Waals surface area contributed by atoms with Crippen molar-refractivity contribution in [3.8, 4) is 0 Å². The zero-order chi connectivity index (χ0) is 15.5. The fourth-order valence-electron chi connectivity index (χ4n) is 2.52. The summed E-state index contributed by atoms with van der Waals surface area (Å²) in [5.74, 6) is -0.197. The third kappa shape index (κ3) is 3.83. The maximum absolute atomic E-state index is 12.2. The molecule has 5 nitrogen and oxygen atoms in total. The molecule has 1 aliphatic rings. The lowest BCUT2D eigenvalue weighted by Gasteiger charge is -2.22. The standard InChI is InChI=1S/C15H22N2O3S/c1-17(2)21(19,20)14-10-6-7-12(11-14)15(18)16-13-8-4-3-5-9-13/h6-7,10-11,13H,3-5,8-9H2,1-2H3,(H,16,18). The molecule has 21 heavy (non-hydrogen) atoms. The Bertz CT molecular complexity index is 605. The van der Waals surface area contributed by atoms with Crippen molar-refractivity contribution in [1.29, 1.82) is 0 Å². The second kappa shape index (κ2) is 6.58. The molecule has 1 amide bonds. The van der Waals surface area contributed by atoms with Gasteiger partial charge in [-0.1, -0.05) is 25.3 Å². The number of hydrogen-bond donors (Lipinski definition) is 1. The van der Waals surface area contributed by atoms with Crippen molar-refractivity contribution in [2.75, 3.05) is 14.1 Å². The van der Waals surface area contributed by atoms with Crippen LogP contribution in [-0.2, 0) is 10.0 Å². The fraction of sp³-hybridized carbons (Fsp3) is 0.533. The zero-order valence-corrected chi connectivity index (χ0v) is 13.3. The highest BCUT2D eigenvalue weighted by Crippen LogP contribution is 2.19. The van der Waals surface area contributed by atoms with Crippen LogP contribution < -0.4 is 5.32 Å². The molecule has 1 N–H and O–H groups in total. The zero-order valence-electron chi connectivity index (χ0n) is 12.5. The lowest BCUT2D eigenvalue weighted by Crippen LogP contribution is -2.36. The number of benzene rings is 1. The average molecular weight is 310 g/mol. The van der Waals surface area contributed by atoms with Gasteiger partial charge in [0.15, 0.2) is 0 Å². The quantitative estimate of drug-likeness (QED) is 0.925. The Labute approximate surface area is 126 Å². The van der Waals surface area contributed by atoms with Crippen LogP contribution in [0.3, 0.4) is 0 Å². The van der Waals surface area contributed by atoms with Gasteiger partial charge in [0, 0.05) is 25.7 Å². The van der Waals surface area contributed by atoms with E-state index >= 15 is 0 Å². The number of carbonyl (C=O) groups excluding carboxylic acids is 1. The van der Waals surface area contributed by atoms with Crippen molar-refractivity contribution < 1.29 is 13.2 Å². The summed E-state index contributed by atoms with van der Waals surface area (Å²) < 4.78 is 25.3. The Morgan fingerprint density at radius 1 is 1.19 bits per heavy atom. The minimum atomic E-state index is -3.51. The van der Waals surface area contributed by atoms with Crippen molar-refractivity contribution in [2.45, 2.75) is 43.0 Å². The van der Waals surface area contributed by atoms with E-state index in [0.717, 1.165) is 30.0 Å². The summed E-state index contributed by atoms with van der Waals surface area (Å²) in [6.45, 7) is 0. The van der Waals surface area contributed by atoms with E-state index in [4.69, 9.17) is 0 Å². The lowest BCUT2D eigenvalue weighted by molar-refractivity contribution is 0.0927. The van der Waals surface area contributed by atoms with Crippen LogP contribution in [0.2, 0.25) is 0 Å². The first-order valence-corrected chi connectivity index (χ1v) is 8.69. The van der Waals surface area contributed by atoms with Crippen LogP contribution in [-0.4, -0.2) is 38.8 Å². The van der Waals surface area contributed by atoms with Crippen molar-refractivity contribution in [3.05, 3.63) is 29.8 Å². The monoisotopic (exact) mass is 310 g/mol. The molecule has 0 unspecified atom stereocenters. The summed E-state index contributed by atoms with van der Waals surface area (Å²) in [6, 6.07) is 6.40. The number of nitrogens with zero attached hydrogens (tertiary/aromatic N) is 1. The average Bonchev–Trinajstić information content (AvgIpc) is 2.48. The van der Waals surface area contributed by atoms with Crippen LogP contribution in [0.5, 0.6) is 0 Å². The SMILES string of the molecule is CN(C)S(=O)(=O)c1cccc(C(=O)NC2CCCCC2)c1. The van der Waals surface area contributed by atoms with Gasteiger partial charge in [0.05, 0.1) is 4.90 Å². The Balaban J connectivity index is 2.15. The number of nitrogens with one attached hydrogen (secondary N) is 1. The Hall–Kier alpha value is -1.40. The van der Waals surface area contributed by atoms with Gasteiger partial charge in [-0.25, -0.2) is 12.7 Å².